The number of sulfonamides is 1. The molecule has 4 aromatic heterocycles. The van der Waals surface area contributed by atoms with Gasteiger partial charge in [-0.05, 0) is 49.2 Å². The first kappa shape index (κ1) is 28.0. The first-order valence-corrected chi connectivity index (χ1v) is 15.5. The molecule has 192 valence electrons. The monoisotopic (exact) mass is 587 g/mol. The van der Waals surface area contributed by atoms with E-state index in [1.165, 1.54) is 14.2 Å². The highest BCUT2D eigenvalue weighted by Crippen LogP contribution is 2.36. The third-order valence-electron chi connectivity index (χ3n) is 4.73. The summed E-state index contributed by atoms with van der Waals surface area (Å²) in [5.74, 6) is 1.03. The number of ether oxygens (including phenoxy) is 2. The number of aryl methyl sites for hydroxylation is 2. The molecule has 0 spiro atoms. The minimum absolute atomic E-state index is 0.146. The number of primary sulfonamides is 1. The Morgan fingerprint density at radius 3 is 1.47 bits per heavy atom. The van der Waals surface area contributed by atoms with Crippen LogP contribution in [-0.4, -0.2) is 41.0 Å². The highest BCUT2D eigenvalue weighted by molar-refractivity contribution is 8.15. The Bertz CT molecular complexity index is 1440. The van der Waals surface area contributed by atoms with Crippen LogP contribution in [0.4, 0.5) is 0 Å². The molecular weight excluding hydrogens is 566 g/mol. The van der Waals surface area contributed by atoms with Crippen LogP contribution in [0.1, 0.15) is 11.1 Å². The zero-order chi connectivity index (χ0) is 26.7. The molecule has 0 amide bonds. The van der Waals surface area contributed by atoms with Crippen LogP contribution >= 0.6 is 33.4 Å². The number of halogens is 1. The van der Waals surface area contributed by atoms with E-state index in [1.54, 1.807) is 36.7 Å². The van der Waals surface area contributed by atoms with Gasteiger partial charge in [0.05, 0.1) is 14.2 Å². The number of nitrogens with zero attached hydrogens (tertiary/aromatic N) is 2. The summed E-state index contributed by atoms with van der Waals surface area (Å²) in [4.78, 5) is 9.86. The molecule has 0 unspecified atom stereocenters. The van der Waals surface area contributed by atoms with E-state index in [2.05, 4.69) is 9.97 Å². The average molecular weight is 588 g/mol. The summed E-state index contributed by atoms with van der Waals surface area (Å²) in [7, 11) is 1.07. The van der Waals surface area contributed by atoms with E-state index in [4.69, 9.17) is 25.3 Å². The van der Waals surface area contributed by atoms with Crippen molar-refractivity contribution in [2.75, 3.05) is 14.2 Å². The van der Waals surface area contributed by atoms with Crippen LogP contribution in [0.3, 0.4) is 0 Å². The molecule has 0 bridgehead atoms. The quantitative estimate of drug-likeness (QED) is 0.316. The van der Waals surface area contributed by atoms with Gasteiger partial charge in [-0.15, -0.1) is 22.7 Å². The molecule has 0 aliphatic heterocycles. The van der Waals surface area contributed by atoms with Gasteiger partial charge in [-0.2, -0.15) is 0 Å². The number of hydrogen-bond donors (Lipinski definition) is 1. The molecule has 14 heteroatoms. The van der Waals surface area contributed by atoms with Crippen molar-refractivity contribution in [1.29, 1.82) is 0 Å². The molecule has 36 heavy (non-hydrogen) atoms. The first-order valence-electron chi connectivity index (χ1n) is 10.0. The van der Waals surface area contributed by atoms with E-state index in [-0.39, 0.29) is 8.42 Å². The van der Waals surface area contributed by atoms with Gasteiger partial charge in [0, 0.05) is 56.1 Å². The fraction of sp³-hybridized carbons (Fsp3) is 0.182. The number of rotatable bonds is 6. The summed E-state index contributed by atoms with van der Waals surface area (Å²) in [5.41, 5.74) is 3.39. The van der Waals surface area contributed by atoms with E-state index in [1.807, 2.05) is 26.0 Å². The molecule has 0 aliphatic rings. The topological polar surface area (TPSA) is 139 Å². The van der Waals surface area contributed by atoms with Gasteiger partial charge in [-0.1, -0.05) is 0 Å². The average Bonchev–Trinajstić information content (AvgIpc) is 3.42. The predicted octanol–water partition coefficient (Wildman–Crippen LogP) is 4.83. The second-order valence-electron chi connectivity index (χ2n) is 7.32. The Morgan fingerprint density at radius 1 is 0.778 bits per heavy atom. The molecule has 0 radical (unpaired) electrons. The lowest BCUT2D eigenvalue weighted by atomic mass is 10.2. The third-order valence-corrected chi connectivity index (χ3v) is 10.8. The number of hydrogen-bond acceptors (Lipinski definition) is 10. The van der Waals surface area contributed by atoms with Crippen molar-refractivity contribution in [2.45, 2.75) is 22.3 Å². The van der Waals surface area contributed by atoms with E-state index < -0.39 is 19.1 Å². The maximum atomic E-state index is 11.3. The molecule has 4 rings (SSSR count). The van der Waals surface area contributed by atoms with Crippen molar-refractivity contribution in [2.24, 2.45) is 5.14 Å². The summed E-state index contributed by atoms with van der Waals surface area (Å²) in [6.07, 6.45) is 3.28. The molecule has 0 aliphatic carbocycles. The molecule has 0 fully saturated rings. The van der Waals surface area contributed by atoms with Crippen molar-refractivity contribution < 1.29 is 26.3 Å². The Hall–Kier alpha value is -2.55. The zero-order valence-electron chi connectivity index (χ0n) is 19.6. The van der Waals surface area contributed by atoms with E-state index >= 15 is 0 Å². The normalized spacial score (nSPS) is 11.5. The van der Waals surface area contributed by atoms with Crippen LogP contribution in [0.2, 0.25) is 0 Å². The van der Waals surface area contributed by atoms with E-state index in [0.717, 1.165) is 54.7 Å². The lowest BCUT2D eigenvalue weighted by molar-refractivity contribution is 0.398. The summed E-state index contributed by atoms with van der Waals surface area (Å²) < 4.78 is 55.4. The van der Waals surface area contributed by atoms with Gasteiger partial charge < -0.3 is 9.47 Å². The summed E-state index contributed by atoms with van der Waals surface area (Å²) >= 11 is 2.27. The molecule has 0 saturated heterocycles. The second-order valence-corrected chi connectivity index (χ2v) is 14.0. The minimum Gasteiger partial charge on any atom is -0.481 e. The Morgan fingerprint density at radius 2 is 1.19 bits per heavy atom. The number of aromatic nitrogens is 2. The summed E-state index contributed by atoms with van der Waals surface area (Å²) in [6.45, 7) is 3.67. The lowest BCUT2D eigenvalue weighted by Gasteiger charge is -2.01. The highest BCUT2D eigenvalue weighted by Gasteiger charge is 2.17. The summed E-state index contributed by atoms with van der Waals surface area (Å²) in [6, 6.07) is 10.2. The molecule has 9 nitrogen and oxygen atoms in total. The molecule has 4 heterocycles. The van der Waals surface area contributed by atoms with E-state index in [9.17, 15) is 16.8 Å². The lowest BCUT2D eigenvalue weighted by Crippen LogP contribution is -2.09. The molecule has 0 aromatic carbocycles. The van der Waals surface area contributed by atoms with Crippen LogP contribution in [0, 0.1) is 13.8 Å². The van der Waals surface area contributed by atoms with Crippen molar-refractivity contribution >= 4 is 52.4 Å². The second kappa shape index (κ2) is 11.2. The van der Waals surface area contributed by atoms with Gasteiger partial charge in [-0.25, -0.2) is 31.9 Å². The van der Waals surface area contributed by atoms with Gasteiger partial charge in [0.25, 0.3) is 9.05 Å². The fourth-order valence-electron chi connectivity index (χ4n) is 3.01. The largest absolute Gasteiger partial charge is 0.481 e. The number of nitrogens with two attached hydrogens (primary N) is 1. The molecular formula is C22H22ClN3O6S4. The molecule has 4 aromatic rings. The number of methoxy groups -OCH3 is 2. The standard InChI is InChI=1S/C11H10ClNO3S2.C11H12N2O3S2/c2*1-7-5-10(18(12,14)15)17-11(7)8-3-4-9(16-2)13-6-8/h3-6H,1-2H3;3-6H,1-2H3,(H2,12,14,15). The Labute approximate surface area is 222 Å². The van der Waals surface area contributed by atoms with Crippen molar-refractivity contribution in [3.05, 3.63) is 59.9 Å². The Kier molecular flexibility index (Phi) is 8.75. The maximum absolute atomic E-state index is 11.3. The van der Waals surface area contributed by atoms with Gasteiger partial charge in [-0.3, -0.25) is 0 Å². The zero-order valence-corrected chi connectivity index (χ0v) is 23.6. The number of pyridine rings is 2. The van der Waals surface area contributed by atoms with Crippen LogP contribution < -0.4 is 14.6 Å². The number of thiophene rings is 2. The van der Waals surface area contributed by atoms with Crippen LogP contribution in [0.5, 0.6) is 11.8 Å². The fourth-order valence-corrected chi connectivity index (χ4v) is 7.24. The van der Waals surface area contributed by atoms with Crippen LogP contribution in [-0.2, 0) is 19.1 Å². The SMILES string of the molecule is COc1ccc(-c2sc(S(=O)(=O)Cl)cc2C)cn1.COc1ccc(-c2sc(S(N)(=O)=O)cc2C)cn1. The molecule has 0 saturated carbocycles. The molecule has 2 N–H and O–H groups in total. The van der Waals surface area contributed by atoms with Gasteiger partial charge >= 0.3 is 0 Å². The van der Waals surface area contributed by atoms with Crippen LogP contribution in [0.25, 0.3) is 20.9 Å². The van der Waals surface area contributed by atoms with Gasteiger partial charge in [0.2, 0.25) is 21.8 Å². The summed E-state index contributed by atoms with van der Waals surface area (Å²) in [5, 5.41) is 5.11. The third kappa shape index (κ3) is 6.81. The van der Waals surface area contributed by atoms with Crippen molar-refractivity contribution in [3.8, 4) is 32.6 Å². The minimum atomic E-state index is -3.68. The maximum Gasteiger partial charge on any atom is 0.270 e. The smallest absolute Gasteiger partial charge is 0.270 e. The first-order chi connectivity index (χ1) is 16.8. The van der Waals surface area contributed by atoms with Gasteiger partial charge in [0.15, 0.2) is 0 Å². The predicted molar refractivity (Wildman–Crippen MR) is 142 cm³/mol. The molecule has 0 atom stereocenters. The van der Waals surface area contributed by atoms with Gasteiger partial charge in [0.1, 0.15) is 8.42 Å². The van der Waals surface area contributed by atoms with Crippen molar-refractivity contribution in [3.63, 3.8) is 0 Å². The highest BCUT2D eigenvalue weighted by atomic mass is 35.7. The Balaban J connectivity index is 0.000000201. The van der Waals surface area contributed by atoms with E-state index in [0.29, 0.717) is 11.8 Å². The van der Waals surface area contributed by atoms with Crippen LogP contribution in [0.15, 0.2) is 57.2 Å². The van der Waals surface area contributed by atoms with Crippen molar-refractivity contribution in [1.82, 2.24) is 9.97 Å².